The van der Waals surface area contributed by atoms with Crippen LogP contribution in [0.2, 0.25) is 0 Å². The van der Waals surface area contributed by atoms with Crippen LogP contribution < -0.4 is 11.5 Å². The molecule has 0 atom stereocenters. The number of anilines is 2. The van der Waals surface area contributed by atoms with E-state index >= 15 is 0 Å². The van der Waals surface area contributed by atoms with Crippen LogP contribution >= 0.6 is 11.3 Å². The molecule has 4 N–H and O–H groups in total. The van der Waals surface area contributed by atoms with Crippen molar-refractivity contribution >= 4 is 32.9 Å². The second-order valence-electron chi connectivity index (χ2n) is 3.30. The third-order valence-corrected chi connectivity index (χ3v) is 4.47. The van der Waals surface area contributed by atoms with E-state index in [0.717, 1.165) is 17.6 Å². The average Bonchev–Trinajstić information content (AvgIpc) is 2.65. The first kappa shape index (κ1) is 11.7. The lowest BCUT2D eigenvalue weighted by Crippen LogP contribution is -2.01. The van der Waals surface area contributed by atoms with Gasteiger partial charge in [0.1, 0.15) is 5.82 Å². The molecule has 0 aliphatic carbocycles. The molecule has 0 fully saturated rings. The molecule has 0 spiro atoms. The first-order valence-corrected chi connectivity index (χ1v) is 7.19. The number of hydrogen-bond acceptors (Lipinski definition) is 8. The van der Waals surface area contributed by atoms with Crippen LogP contribution in [0.4, 0.5) is 11.8 Å². The molecule has 0 aliphatic heterocycles. The Balaban J connectivity index is 2.51. The number of sulfone groups is 1. The monoisotopic (exact) mass is 271 g/mol. The summed E-state index contributed by atoms with van der Waals surface area (Å²) in [7, 11) is -3.31. The van der Waals surface area contributed by atoms with Crippen LogP contribution in [0.25, 0.3) is 11.3 Å². The molecule has 2 heterocycles. The van der Waals surface area contributed by atoms with Gasteiger partial charge in [0.25, 0.3) is 0 Å². The van der Waals surface area contributed by atoms with Gasteiger partial charge in [0, 0.05) is 17.8 Å². The lowest BCUT2D eigenvalue weighted by atomic mass is 10.2. The van der Waals surface area contributed by atoms with Crippen molar-refractivity contribution in [2.45, 2.75) is 4.34 Å². The maximum atomic E-state index is 11.3. The predicted molar refractivity (Wildman–Crippen MR) is 65.1 cm³/mol. The summed E-state index contributed by atoms with van der Waals surface area (Å²) in [5.41, 5.74) is 11.9. The summed E-state index contributed by atoms with van der Waals surface area (Å²) in [5.74, 6) is 0.229. The Morgan fingerprint density at radius 3 is 2.53 bits per heavy atom. The van der Waals surface area contributed by atoms with Gasteiger partial charge in [-0.05, 0) is 0 Å². The Labute approximate surface area is 101 Å². The lowest BCUT2D eigenvalue weighted by molar-refractivity contribution is 0.601. The quantitative estimate of drug-likeness (QED) is 0.797. The summed E-state index contributed by atoms with van der Waals surface area (Å²) in [5, 5.41) is 1.58. The van der Waals surface area contributed by atoms with Gasteiger partial charge < -0.3 is 11.5 Å². The third-order valence-electron chi connectivity index (χ3n) is 1.91. The van der Waals surface area contributed by atoms with Gasteiger partial charge in [-0.3, -0.25) is 0 Å². The maximum Gasteiger partial charge on any atom is 0.221 e. The first-order chi connectivity index (χ1) is 7.88. The summed E-state index contributed by atoms with van der Waals surface area (Å²) >= 11 is 1.02. The van der Waals surface area contributed by atoms with Gasteiger partial charge >= 0.3 is 0 Å². The highest BCUT2D eigenvalue weighted by atomic mass is 32.2. The van der Waals surface area contributed by atoms with E-state index in [-0.39, 0.29) is 16.1 Å². The van der Waals surface area contributed by atoms with E-state index in [4.69, 9.17) is 11.5 Å². The minimum absolute atomic E-state index is 0.0312. The van der Waals surface area contributed by atoms with Crippen molar-refractivity contribution in [3.63, 3.8) is 0 Å². The van der Waals surface area contributed by atoms with E-state index in [1.54, 1.807) is 5.38 Å². The molecular formula is C8H9N5O2S2. The van der Waals surface area contributed by atoms with Crippen molar-refractivity contribution in [3.8, 4) is 11.3 Å². The van der Waals surface area contributed by atoms with E-state index in [9.17, 15) is 8.42 Å². The second-order valence-corrected chi connectivity index (χ2v) is 6.35. The van der Waals surface area contributed by atoms with Gasteiger partial charge in [-0.1, -0.05) is 0 Å². The number of nitrogens with zero attached hydrogens (tertiary/aromatic N) is 3. The fraction of sp³-hybridized carbons (Fsp3) is 0.125. The fourth-order valence-electron chi connectivity index (χ4n) is 1.16. The fourth-order valence-corrected chi connectivity index (χ4v) is 2.81. The lowest BCUT2D eigenvalue weighted by Gasteiger charge is -2.00. The van der Waals surface area contributed by atoms with Crippen molar-refractivity contribution in [2.24, 2.45) is 0 Å². The molecule has 2 aromatic rings. The predicted octanol–water partition coefficient (Wildman–Crippen LogP) is 0.168. The van der Waals surface area contributed by atoms with Crippen LogP contribution in [0.3, 0.4) is 0 Å². The van der Waals surface area contributed by atoms with Gasteiger partial charge in [-0.2, -0.15) is 4.98 Å². The molecule has 7 nitrogen and oxygen atoms in total. The number of nitrogen functional groups attached to an aromatic ring is 2. The zero-order valence-corrected chi connectivity index (χ0v) is 10.4. The summed E-state index contributed by atoms with van der Waals surface area (Å²) in [6.07, 6.45) is 2.51. The summed E-state index contributed by atoms with van der Waals surface area (Å²) in [6, 6.07) is 0. The van der Waals surface area contributed by atoms with Gasteiger partial charge in [0.2, 0.25) is 20.1 Å². The molecular weight excluding hydrogens is 262 g/mol. The second kappa shape index (κ2) is 3.93. The molecule has 9 heteroatoms. The number of nitrogens with two attached hydrogens (primary N) is 2. The molecule has 0 saturated carbocycles. The van der Waals surface area contributed by atoms with Crippen LogP contribution in [-0.4, -0.2) is 29.6 Å². The minimum atomic E-state index is -3.31. The van der Waals surface area contributed by atoms with E-state index in [1.165, 1.54) is 6.20 Å². The first-order valence-electron chi connectivity index (χ1n) is 4.42. The average molecular weight is 271 g/mol. The van der Waals surface area contributed by atoms with E-state index in [2.05, 4.69) is 15.0 Å². The Morgan fingerprint density at radius 1 is 1.29 bits per heavy atom. The minimum Gasteiger partial charge on any atom is -0.383 e. The summed E-state index contributed by atoms with van der Waals surface area (Å²) < 4.78 is 22.6. The SMILES string of the molecule is CS(=O)(=O)c1nc(-c2cnc(N)nc2N)cs1. The molecule has 2 rings (SSSR count). The zero-order chi connectivity index (χ0) is 12.6. The van der Waals surface area contributed by atoms with Gasteiger partial charge in [-0.25, -0.2) is 18.4 Å². The molecule has 90 valence electrons. The van der Waals surface area contributed by atoms with Crippen LogP contribution in [0, 0.1) is 0 Å². The molecule has 17 heavy (non-hydrogen) atoms. The zero-order valence-electron chi connectivity index (χ0n) is 8.78. The molecule has 0 amide bonds. The molecule has 0 bridgehead atoms. The summed E-state index contributed by atoms with van der Waals surface area (Å²) in [4.78, 5) is 11.5. The van der Waals surface area contributed by atoms with E-state index in [0.29, 0.717) is 11.3 Å². The molecule has 0 aromatic carbocycles. The topological polar surface area (TPSA) is 125 Å². The highest BCUT2D eigenvalue weighted by Crippen LogP contribution is 2.27. The van der Waals surface area contributed by atoms with E-state index < -0.39 is 9.84 Å². The van der Waals surface area contributed by atoms with Crippen LogP contribution in [0.15, 0.2) is 15.9 Å². The Bertz CT molecular complexity index is 664. The Morgan fingerprint density at radius 2 is 2.00 bits per heavy atom. The van der Waals surface area contributed by atoms with Gasteiger partial charge in [-0.15, -0.1) is 11.3 Å². The standard InChI is InChI=1S/C8H9N5O2S2/c1-17(14,15)8-12-5(3-16-8)4-2-11-7(10)13-6(4)9/h2-3H,1H3,(H4,9,10,11,13). The molecule has 0 unspecified atom stereocenters. The number of aromatic nitrogens is 3. The smallest absolute Gasteiger partial charge is 0.221 e. The highest BCUT2D eigenvalue weighted by molar-refractivity contribution is 7.92. The largest absolute Gasteiger partial charge is 0.383 e. The van der Waals surface area contributed by atoms with Crippen molar-refractivity contribution in [3.05, 3.63) is 11.6 Å². The number of hydrogen-bond donors (Lipinski definition) is 2. The Kier molecular flexibility index (Phi) is 2.71. The van der Waals surface area contributed by atoms with E-state index in [1.807, 2.05) is 0 Å². The highest BCUT2D eigenvalue weighted by Gasteiger charge is 2.15. The van der Waals surface area contributed by atoms with Crippen LogP contribution in [-0.2, 0) is 9.84 Å². The van der Waals surface area contributed by atoms with Gasteiger partial charge in [0.05, 0.1) is 11.3 Å². The van der Waals surface area contributed by atoms with Crippen molar-refractivity contribution in [1.29, 1.82) is 0 Å². The third kappa shape index (κ3) is 2.34. The van der Waals surface area contributed by atoms with Gasteiger partial charge in [0.15, 0.2) is 0 Å². The van der Waals surface area contributed by atoms with Crippen molar-refractivity contribution < 1.29 is 8.42 Å². The number of rotatable bonds is 2. The van der Waals surface area contributed by atoms with Crippen LogP contribution in [0.1, 0.15) is 0 Å². The van der Waals surface area contributed by atoms with Crippen molar-refractivity contribution in [1.82, 2.24) is 15.0 Å². The maximum absolute atomic E-state index is 11.3. The number of thiazole rings is 1. The molecule has 2 aromatic heterocycles. The molecule has 0 radical (unpaired) electrons. The summed E-state index contributed by atoms with van der Waals surface area (Å²) in [6.45, 7) is 0. The molecule has 0 aliphatic rings. The van der Waals surface area contributed by atoms with Crippen LogP contribution in [0.5, 0.6) is 0 Å². The normalized spacial score (nSPS) is 11.6. The Hall–Kier alpha value is -1.74. The van der Waals surface area contributed by atoms with Crippen molar-refractivity contribution in [2.75, 3.05) is 17.7 Å². The molecule has 0 saturated heterocycles.